The summed E-state index contributed by atoms with van der Waals surface area (Å²) in [5.41, 5.74) is 5.95. The van der Waals surface area contributed by atoms with Crippen molar-refractivity contribution in [3.05, 3.63) is 0 Å². The number of nitrogens with two attached hydrogens (primary N) is 1. The number of amides is 1. The summed E-state index contributed by atoms with van der Waals surface area (Å²) in [6.45, 7) is 10.8. The van der Waals surface area contributed by atoms with Gasteiger partial charge in [0, 0.05) is 17.1 Å². The molecule has 1 rings (SSSR count). The minimum atomic E-state index is -0.365. The quantitative estimate of drug-likeness (QED) is 0.714. The fraction of sp³-hybridized carbons (Fsp3) is 0.929. The zero-order valence-electron chi connectivity index (χ0n) is 12.5. The molecule has 4 heteroatoms. The van der Waals surface area contributed by atoms with Crippen molar-refractivity contribution >= 4 is 5.91 Å². The molecule has 1 aliphatic rings. The lowest BCUT2D eigenvalue weighted by atomic mass is 9.79. The van der Waals surface area contributed by atoms with Crippen LogP contribution in [0.4, 0.5) is 0 Å². The number of rotatable bonds is 4. The first kappa shape index (κ1) is 15.4. The lowest BCUT2D eigenvalue weighted by Gasteiger charge is -2.46. The minimum absolute atomic E-state index is 0.00431. The second kappa shape index (κ2) is 5.57. The Morgan fingerprint density at radius 3 is 2.28 bits per heavy atom. The fourth-order valence-corrected chi connectivity index (χ4v) is 3.17. The van der Waals surface area contributed by atoms with Gasteiger partial charge in [0.25, 0.3) is 0 Å². The molecule has 4 nitrogen and oxygen atoms in total. The molecule has 106 valence electrons. The maximum atomic E-state index is 12.0. The lowest BCUT2D eigenvalue weighted by molar-refractivity contribution is -0.123. The zero-order chi connectivity index (χ0) is 14.0. The molecule has 1 atom stereocenters. The van der Waals surface area contributed by atoms with E-state index in [4.69, 9.17) is 5.73 Å². The van der Waals surface area contributed by atoms with Crippen LogP contribution in [0.25, 0.3) is 0 Å². The topological polar surface area (TPSA) is 67.2 Å². The highest BCUT2D eigenvalue weighted by atomic mass is 16.2. The van der Waals surface area contributed by atoms with Crippen LogP contribution >= 0.6 is 0 Å². The molecule has 1 fully saturated rings. The Morgan fingerprint density at radius 2 is 1.83 bits per heavy atom. The van der Waals surface area contributed by atoms with E-state index in [1.165, 1.54) is 0 Å². The number of hydrogen-bond acceptors (Lipinski definition) is 3. The smallest absolute Gasteiger partial charge is 0.237 e. The third-order valence-corrected chi connectivity index (χ3v) is 3.47. The van der Waals surface area contributed by atoms with E-state index in [0.29, 0.717) is 0 Å². The van der Waals surface area contributed by atoms with Crippen LogP contribution in [-0.4, -0.2) is 29.1 Å². The van der Waals surface area contributed by atoms with Gasteiger partial charge in [0.15, 0.2) is 0 Å². The molecule has 0 aromatic rings. The van der Waals surface area contributed by atoms with Gasteiger partial charge in [-0.1, -0.05) is 13.3 Å². The number of piperidine rings is 1. The van der Waals surface area contributed by atoms with Gasteiger partial charge in [0.2, 0.25) is 5.91 Å². The van der Waals surface area contributed by atoms with Gasteiger partial charge in [-0.05, 0) is 47.0 Å². The van der Waals surface area contributed by atoms with Gasteiger partial charge < -0.3 is 16.4 Å². The van der Waals surface area contributed by atoms with Crippen LogP contribution in [0, 0.1) is 0 Å². The van der Waals surface area contributed by atoms with E-state index in [2.05, 4.69) is 38.3 Å². The molecule has 0 radical (unpaired) electrons. The molecule has 1 aliphatic heterocycles. The highest BCUT2D eigenvalue weighted by Gasteiger charge is 2.38. The van der Waals surface area contributed by atoms with E-state index < -0.39 is 0 Å². The monoisotopic (exact) mass is 255 g/mol. The molecule has 0 saturated carbocycles. The Labute approximate surface area is 111 Å². The van der Waals surface area contributed by atoms with Crippen LogP contribution in [0.5, 0.6) is 0 Å². The Hall–Kier alpha value is -0.610. The normalized spacial score (nSPS) is 24.6. The SMILES string of the molecule is CCC[C@H](N)C(=O)NC1CC(C)(C)NC(C)(C)C1. The molecule has 1 saturated heterocycles. The first-order valence-electron chi connectivity index (χ1n) is 7.00. The predicted molar refractivity (Wildman–Crippen MR) is 75.3 cm³/mol. The van der Waals surface area contributed by atoms with Crippen LogP contribution in [0.15, 0.2) is 0 Å². The van der Waals surface area contributed by atoms with Crippen molar-refractivity contribution in [2.24, 2.45) is 5.73 Å². The molecule has 0 aliphatic carbocycles. The Bertz CT molecular complexity index is 283. The van der Waals surface area contributed by atoms with Crippen LogP contribution in [0.1, 0.15) is 60.3 Å². The molecule has 0 aromatic carbocycles. The Kier molecular flexibility index (Phi) is 4.78. The van der Waals surface area contributed by atoms with Crippen molar-refractivity contribution in [1.82, 2.24) is 10.6 Å². The third-order valence-electron chi connectivity index (χ3n) is 3.47. The third kappa shape index (κ3) is 4.58. The number of nitrogens with one attached hydrogen (secondary N) is 2. The molecular weight excluding hydrogens is 226 g/mol. The first-order valence-corrected chi connectivity index (χ1v) is 7.00. The van der Waals surface area contributed by atoms with Crippen molar-refractivity contribution in [2.45, 2.75) is 83.5 Å². The van der Waals surface area contributed by atoms with Crippen LogP contribution < -0.4 is 16.4 Å². The summed E-state index contributed by atoms with van der Waals surface area (Å²) >= 11 is 0. The summed E-state index contributed by atoms with van der Waals surface area (Å²) in [5.74, 6) is -0.00431. The van der Waals surface area contributed by atoms with E-state index >= 15 is 0 Å². The summed E-state index contributed by atoms with van der Waals surface area (Å²) in [5, 5.41) is 6.72. The minimum Gasteiger partial charge on any atom is -0.352 e. The standard InChI is InChI=1S/C14H29N3O/c1-6-7-11(15)12(18)16-10-8-13(2,3)17-14(4,5)9-10/h10-11,17H,6-9,15H2,1-5H3,(H,16,18)/t11-/m0/s1. The van der Waals surface area contributed by atoms with Crippen LogP contribution in [0.2, 0.25) is 0 Å². The van der Waals surface area contributed by atoms with E-state index in [-0.39, 0.29) is 29.1 Å². The van der Waals surface area contributed by atoms with Crippen molar-refractivity contribution < 1.29 is 4.79 Å². The summed E-state index contributed by atoms with van der Waals surface area (Å²) in [6.07, 6.45) is 3.59. The predicted octanol–water partition coefficient (Wildman–Crippen LogP) is 1.54. The molecule has 18 heavy (non-hydrogen) atoms. The molecule has 0 unspecified atom stereocenters. The van der Waals surface area contributed by atoms with E-state index in [1.54, 1.807) is 0 Å². The van der Waals surface area contributed by atoms with Gasteiger partial charge >= 0.3 is 0 Å². The number of hydrogen-bond donors (Lipinski definition) is 3. The van der Waals surface area contributed by atoms with Gasteiger partial charge in [-0.2, -0.15) is 0 Å². The van der Waals surface area contributed by atoms with Gasteiger partial charge in [-0.3, -0.25) is 4.79 Å². The average Bonchev–Trinajstić information content (AvgIpc) is 2.12. The Balaban J connectivity index is 2.59. The van der Waals surface area contributed by atoms with Crippen LogP contribution in [-0.2, 0) is 4.79 Å². The number of carbonyl (C=O) groups is 1. The van der Waals surface area contributed by atoms with Crippen molar-refractivity contribution in [2.75, 3.05) is 0 Å². The largest absolute Gasteiger partial charge is 0.352 e. The zero-order valence-corrected chi connectivity index (χ0v) is 12.5. The summed E-state index contributed by atoms with van der Waals surface area (Å²) in [6, 6.07) is -0.150. The highest BCUT2D eigenvalue weighted by Crippen LogP contribution is 2.28. The molecule has 4 N–H and O–H groups in total. The van der Waals surface area contributed by atoms with Crippen LogP contribution in [0.3, 0.4) is 0 Å². The second-order valence-corrected chi connectivity index (χ2v) is 6.90. The van der Waals surface area contributed by atoms with Gasteiger partial charge in [-0.15, -0.1) is 0 Å². The van der Waals surface area contributed by atoms with E-state index in [0.717, 1.165) is 25.7 Å². The Morgan fingerprint density at radius 1 is 1.33 bits per heavy atom. The van der Waals surface area contributed by atoms with Crippen molar-refractivity contribution in [3.8, 4) is 0 Å². The molecule has 0 bridgehead atoms. The highest BCUT2D eigenvalue weighted by molar-refractivity contribution is 5.81. The van der Waals surface area contributed by atoms with Gasteiger partial charge in [0.05, 0.1) is 6.04 Å². The van der Waals surface area contributed by atoms with E-state index in [9.17, 15) is 4.79 Å². The lowest BCUT2D eigenvalue weighted by Crippen LogP contribution is -2.63. The number of carbonyl (C=O) groups excluding carboxylic acids is 1. The molecule has 1 heterocycles. The molecule has 1 amide bonds. The van der Waals surface area contributed by atoms with Crippen molar-refractivity contribution in [3.63, 3.8) is 0 Å². The summed E-state index contributed by atoms with van der Waals surface area (Å²) in [4.78, 5) is 12.0. The van der Waals surface area contributed by atoms with E-state index in [1.807, 2.05) is 6.92 Å². The summed E-state index contributed by atoms with van der Waals surface area (Å²) < 4.78 is 0. The average molecular weight is 255 g/mol. The molecular formula is C14H29N3O. The maximum Gasteiger partial charge on any atom is 0.237 e. The maximum absolute atomic E-state index is 12.0. The van der Waals surface area contributed by atoms with Gasteiger partial charge in [-0.25, -0.2) is 0 Å². The van der Waals surface area contributed by atoms with Gasteiger partial charge in [0.1, 0.15) is 0 Å². The molecule has 0 spiro atoms. The second-order valence-electron chi connectivity index (χ2n) is 6.90. The first-order chi connectivity index (χ1) is 8.15. The molecule has 0 aromatic heterocycles. The summed E-state index contributed by atoms with van der Waals surface area (Å²) in [7, 11) is 0. The van der Waals surface area contributed by atoms with Crippen molar-refractivity contribution in [1.29, 1.82) is 0 Å². The fourth-order valence-electron chi connectivity index (χ4n) is 3.17.